The number of aliphatic hydroxyl groups is 1. The highest BCUT2D eigenvalue weighted by molar-refractivity contribution is 9.10. The van der Waals surface area contributed by atoms with Gasteiger partial charge in [0, 0.05) is 10.5 Å². The van der Waals surface area contributed by atoms with Gasteiger partial charge in [-0.25, -0.2) is 0 Å². The topological polar surface area (TPSA) is 63.4 Å². The van der Waals surface area contributed by atoms with Gasteiger partial charge < -0.3 is 5.11 Å². The van der Waals surface area contributed by atoms with Crippen molar-refractivity contribution in [3.05, 3.63) is 38.3 Å². The van der Waals surface area contributed by atoms with Gasteiger partial charge in [0.1, 0.15) is 0 Å². The van der Waals surface area contributed by atoms with Crippen molar-refractivity contribution >= 4 is 21.6 Å². The van der Waals surface area contributed by atoms with Crippen LogP contribution < -0.4 is 0 Å². The third-order valence-electron chi connectivity index (χ3n) is 1.41. The second-order valence-electron chi connectivity index (χ2n) is 2.19. The van der Waals surface area contributed by atoms with Crippen molar-refractivity contribution in [3.63, 3.8) is 0 Å². The summed E-state index contributed by atoms with van der Waals surface area (Å²) in [6.45, 7) is -0.324. The maximum Gasteiger partial charge on any atom is 0.274 e. The van der Waals surface area contributed by atoms with Crippen LogP contribution in [0.4, 0.5) is 5.69 Å². The van der Waals surface area contributed by atoms with Crippen molar-refractivity contribution in [3.8, 4) is 0 Å². The molecule has 1 aromatic rings. The molecule has 1 aromatic carbocycles. The summed E-state index contributed by atoms with van der Waals surface area (Å²) in [5.41, 5.74) is 0.259. The van der Waals surface area contributed by atoms with Gasteiger partial charge in [0.2, 0.25) is 0 Å². The standard InChI is InChI=1S/C7H6BrNO3/c8-6-1-2-7(9(11)12)5(3-6)4-10/h1-3,10H,4H2. The zero-order valence-corrected chi connectivity index (χ0v) is 7.61. The zero-order chi connectivity index (χ0) is 9.14. The van der Waals surface area contributed by atoms with Crippen LogP contribution in [0.3, 0.4) is 0 Å². The fraction of sp³-hybridized carbons (Fsp3) is 0.143. The van der Waals surface area contributed by atoms with Gasteiger partial charge in [-0.2, -0.15) is 0 Å². The molecule has 64 valence electrons. The minimum atomic E-state index is -0.516. The molecule has 0 unspecified atom stereocenters. The highest BCUT2D eigenvalue weighted by Gasteiger charge is 2.11. The first-order valence-electron chi connectivity index (χ1n) is 3.19. The molecule has 0 heterocycles. The predicted octanol–water partition coefficient (Wildman–Crippen LogP) is 1.85. The normalized spacial score (nSPS) is 9.83. The minimum Gasteiger partial charge on any atom is -0.391 e. The third kappa shape index (κ3) is 1.80. The summed E-state index contributed by atoms with van der Waals surface area (Å²) in [5, 5.41) is 19.1. The highest BCUT2D eigenvalue weighted by atomic mass is 79.9. The third-order valence-corrected chi connectivity index (χ3v) is 1.90. The van der Waals surface area contributed by atoms with Gasteiger partial charge in [-0.3, -0.25) is 10.1 Å². The van der Waals surface area contributed by atoms with E-state index in [4.69, 9.17) is 5.11 Å². The predicted molar refractivity (Wildman–Crippen MR) is 46.7 cm³/mol. The molecule has 1 rings (SSSR count). The lowest BCUT2D eigenvalue weighted by atomic mass is 10.2. The Kier molecular flexibility index (Phi) is 2.78. The molecule has 0 radical (unpaired) electrons. The molecule has 1 N–H and O–H groups in total. The number of aliphatic hydroxyl groups excluding tert-OH is 1. The van der Waals surface area contributed by atoms with Crippen LogP contribution in [0.2, 0.25) is 0 Å². The van der Waals surface area contributed by atoms with Crippen LogP contribution in [0, 0.1) is 10.1 Å². The van der Waals surface area contributed by atoms with Crippen molar-refractivity contribution in [1.82, 2.24) is 0 Å². The molecule has 0 bridgehead atoms. The number of benzene rings is 1. The number of nitro benzene ring substituents is 1. The number of nitro groups is 1. The van der Waals surface area contributed by atoms with E-state index in [9.17, 15) is 10.1 Å². The minimum absolute atomic E-state index is 0.0549. The van der Waals surface area contributed by atoms with Crippen LogP contribution in [-0.4, -0.2) is 10.0 Å². The van der Waals surface area contributed by atoms with Crippen molar-refractivity contribution in [2.75, 3.05) is 0 Å². The van der Waals surface area contributed by atoms with Crippen LogP contribution in [0.5, 0.6) is 0 Å². The number of hydrogen-bond acceptors (Lipinski definition) is 3. The van der Waals surface area contributed by atoms with E-state index in [-0.39, 0.29) is 12.3 Å². The van der Waals surface area contributed by atoms with Gasteiger partial charge in [0.25, 0.3) is 5.69 Å². The van der Waals surface area contributed by atoms with Crippen molar-refractivity contribution in [2.45, 2.75) is 6.61 Å². The van der Waals surface area contributed by atoms with Crippen LogP contribution in [-0.2, 0) is 6.61 Å². The van der Waals surface area contributed by atoms with Crippen molar-refractivity contribution in [2.24, 2.45) is 0 Å². The van der Waals surface area contributed by atoms with E-state index in [0.717, 1.165) is 4.47 Å². The largest absolute Gasteiger partial charge is 0.391 e. The first-order valence-corrected chi connectivity index (χ1v) is 3.98. The average molecular weight is 232 g/mol. The first-order chi connectivity index (χ1) is 5.65. The Morgan fingerprint density at radius 1 is 1.58 bits per heavy atom. The summed E-state index contributed by atoms with van der Waals surface area (Å²) in [4.78, 5) is 9.86. The van der Waals surface area contributed by atoms with E-state index in [0.29, 0.717) is 5.56 Å². The van der Waals surface area contributed by atoms with E-state index in [1.54, 1.807) is 6.07 Å². The van der Waals surface area contributed by atoms with Gasteiger partial charge in [-0.15, -0.1) is 0 Å². The van der Waals surface area contributed by atoms with E-state index >= 15 is 0 Å². The molecule has 0 saturated carbocycles. The van der Waals surface area contributed by atoms with E-state index in [1.807, 2.05) is 0 Å². The fourth-order valence-corrected chi connectivity index (χ4v) is 1.27. The smallest absolute Gasteiger partial charge is 0.274 e. The Morgan fingerprint density at radius 2 is 2.25 bits per heavy atom. The number of hydrogen-bond donors (Lipinski definition) is 1. The molecule has 0 aromatic heterocycles. The number of rotatable bonds is 2. The molecule has 0 amide bonds. The highest BCUT2D eigenvalue weighted by Crippen LogP contribution is 2.22. The molecular formula is C7H6BrNO3. The summed E-state index contributed by atoms with van der Waals surface area (Å²) < 4.78 is 0.720. The van der Waals surface area contributed by atoms with Crippen LogP contribution in [0.1, 0.15) is 5.56 Å². The van der Waals surface area contributed by atoms with Gasteiger partial charge >= 0.3 is 0 Å². The Labute approximate surface area is 77.1 Å². The zero-order valence-electron chi connectivity index (χ0n) is 6.03. The second kappa shape index (κ2) is 3.64. The first kappa shape index (κ1) is 9.15. The SMILES string of the molecule is O=[N+]([O-])c1ccc(Br)cc1CO. The van der Waals surface area contributed by atoms with Gasteiger partial charge in [-0.05, 0) is 12.1 Å². The Hall–Kier alpha value is -0.940. The molecule has 4 nitrogen and oxygen atoms in total. The molecule has 12 heavy (non-hydrogen) atoms. The molecule has 0 saturated heterocycles. The van der Waals surface area contributed by atoms with Gasteiger partial charge in [-0.1, -0.05) is 15.9 Å². The van der Waals surface area contributed by atoms with Gasteiger partial charge in [0.15, 0.2) is 0 Å². The summed E-state index contributed by atoms with van der Waals surface area (Å²) in [7, 11) is 0. The summed E-state index contributed by atoms with van der Waals surface area (Å²) in [6, 6.07) is 4.45. The Bertz CT molecular complexity index is 314. The number of nitrogens with zero attached hydrogens (tertiary/aromatic N) is 1. The second-order valence-corrected chi connectivity index (χ2v) is 3.10. The van der Waals surface area contributed by atoms with Crippen molar-refractivity contribution < 1.29 is 10.0 Å². The molecule has 0 atom stereocenters. The molecular weight excluding hydrogens is 226 g/mol. The fourth-order valence-electron chi connectivity index (χ4n) is 0.859. The lowest BCUT2D eigenvalue weighted by molar-refractivity contribution is -0.385. The Balaban J connectivity index is 3.20. The average Bonchev–Trinajstić information content (AvgIpc) is 2.03. The van der Waals surface area contributed by atoms with Crippen LogP contribution >= 0.6 is 15.9 Å². The van der Waals surface area contributed by atoms with E-state index < -0.39 is 4.92 Å². The molecule has 0 aliphatic rings. The summed E-state index contributed by atoms with van der Waals surface area (Å²) in [5.74, 6) is 0. The quantitative estimate of drug-likeness (QED) is 0.625. The monoisotopic (exact) mass is 231 g/mol. The molecule has 0 aliphatic heterocycles. The van der Waals surface area contributed by atoms with Crippen molar-refractivity contribution in [1.29, 1.82) is 0 Å². The Morgan fingerprint density at radius 3 is 2.75 bits per heavy atom. The van der Waals surface area contributed by atoms with Gasteiger partial charge in [0.05, 0.1) is 17.1 Å². The lowest BCUT2D eigenvalue weighted by Crippen LogP contribution is -1.94. The lowest BCUT2D eigenvalue weighted by Gasteiger charge is -1.98. The number of halogens is 1. The van der Waals surface area contributed by atoms with Crippen LogP contribution in [0.25, 0.3) is 0 Å². The van der Waals surface area contributed by atoms with Crippen LogP contribution in [0.15, 0.2) is 22.7 Å². The maximum absolute atomic E-state index is 10.4. The molecule has 0 aliphatic carbocycles. The summed E-state index contributed by atoms with van der Waals surface area (Å²) >= 11 is 3.15. The maximum atomic E-state index is 10.4. The molecule has 5 heteroatoms. The van der Waals surface area contributed by atoms with E-state index in [2.05, 4.69) is 15.9 Å². The van der Waals surface area contributed by atoms with E-state index in [1.165, 1.54) is 12.1 Å². The summed E-state index contributed by atoms with van der Waals surface area (Å²) in [6.07, 6.45) is 0. The molecule has 0 spiro atoms. The molecule has 0 fully saturated rings.